The van der Waals surface area contributed by atoms with Gasteiger partial charge < -0.3 is 18.9 Å². The van der Waals surface area contributed by atoms with Crippen molar-refractivity contribution in [3.8, 4) is 0 Å². The molecule has 0 aromatic heterocycles. The molecule has 2 unspecified atom stereocenters. The predicted molar refractivity (Wildman–Crippen MR) is 217 cm³/mol. The Hall–Kier alpha value is -2.12. The maximum Gasteiger partial charge on any atom is 0.305 e. The van der Waals surface area contributed by atoms with Gasteiger partial charge in [0.2, 0.25) is 0 Å². The molecule has 8 nitrogen and oxygen atoms in total. The minimum absolute atomic E-state index is 0.0396. The van der Waals surface area contributed by atoms with E-state index in [1.807, 2.05) is 13.8 Å². The molecule has 0 amide bonds. The summed E-state index contributed by atoms with van der Waals surface area (Å²) in [6.45, 7) is 8.73. The Morgan fingerprint density at radius 1 is 0.340 bits per heavy atom. The van der Waals surface area contributed by atoms with E-state index in [1.54, 1.807) is 0 Å². The van der Waals surface area contributed by atoms with E-state index in [4.69, 9.17) is 18.9 Å². The molecular formula is C45H84O8. The number of esters is 4. The van der Waals surface area contributed by atoms with Crippen molar-refractivity contribution >= 4 is 23.9 Å². The third kappa shape index (κ3) is 36.6. The van der Waals surface area contributed by atoms with Crippen LogP contribution in [-0.4, -0.2) is 49.3 Å². The van der Waals surface area contributed by atoms with Crippen molar-refractivity contribution in [3.05, 3.63) is 0 Å². The van der Waals surface area contributed by atoms with Crippen LogP contribution in [0.5, 0.6) is 0 Å². The molecule has 0 aromatic rings. The first-order valence-electron chi connectivity index (χ1n) is 22.6. The molecule has 0 aliphatic heterocycles. The summed E-state index contributed by atoms with van der Waals surface area (Å²) in [5, 5.41) is 0. The van der Waals surface area contributed by atoms with Gasteiger partial charge in [-0.2, -0.15) is 0 Å². The highest BCUT2D eigenvalue weighted by molar-refractivity contribution is 5.70. The average Bonchev–Trinajstić information content (AvgIpc) is 3.15. The highest BCUT2D eigenvalue weighted by atomic mass is 16.6. The van der Waals surface area contributed by atoms with Crippen LogP contribution in [-0.2, 0) is 38.1 Å². The average molecular weight is 753 g/mol. The zero-order chi connectivity index (χ0) is 39.0. The number of rotatable bonds is 40. The lowest BCUT2D eigenvalue weighted by atomic mass is 10.0. The van der Waals surface area contributed by atoms with Crippen LogP contribution in [0.2, 0.25) is 0 Å². The van der Waals surface area contributed by atoms with Gasteiger partial charge in [0.1, 0.15) is 12.2 Å². The van der Waals surface area contributed by atoms with E-state index in [1.165, 1.54) is 70.6 Å². The molecule has 8 heteroatoms. The quantitative estimate of drug-likeness (QED) is 0.0346. The summed E-state index contributed by atoms with van der Waals surface area (Å²) in [4.78, 5) is 47.9. The number of hydrogen-bond donors (Lipinski definition) is 0. The van der Waals surface area contributed by atoms with Gasteiger partial charge in [0.15, 0.2) is 0 Å². The number of ether oxygens (including phenoxy) is 4. The monoisotopic (exact) mass is 753 g/mol. The van der Waals surface area contributed by atoms with Crippen LogP contribution in [0, 0.1) is 0 Å². The smallest absolute Gasteiger partial charge is 0.305 e. The second-order valence-electron chi connectivity index (χ2n) is 15.2. The SMILES string of the molecule is CCCCCCCCCC(CCCCCCCC(=O)OCCCOC(=O)CCCCCCCCC(CCCCCCCC)OC(=O)CC)OC(=O)CC. The van der Waals surface area contributed by atoms with Crippen molar-refractivity contribution in [1.29, 1.82) is 0 Å². The first kappa shape index (κ1) is 50.9. The highest BCUT2D eigenvalue weighted by Crippen LogP contribution is 2.19. The van der Waals surface area contributed by atoms with Crippen molar-refractivity contribution in [2.45, 2.75) is 252 Å². The van der Waals surface area contributed by atoms with E-state index in [-0.39, 0.29) is 49.3 Å². The topological polar surface area (TPSA) is 105 Å². The molecule has 0 saturated carbocycles. The predicted octanol–water partition coefficient (Wildman–Crippen LogP) is 12.8. The molecule has 0 N–H and O–H groups in total. The van der Waals surface area contributed by atoms with E-state index in [0.717, 1.165) is 109 Å². The molecule has 0 saturated heterocycles. The first-order chi connectivity index (χ1) is 25.9. The Kier molecular flexibility index (Phi) is 38.0. The molecule has 0 aromatic carbocycles. The van der Waals surface area contributed by atoms with Crippen molar-refractivity contribution in [3.63, 3.8) is 0 Å². The van der Waals surface area contributed by atoms with Gasteiger partial charge >= 0.3 is 23.9 Å². The lowest BCUT2D eigenvalue weighted by molar-refractivity contribution is -0.150. The molecule has 0 heterocycles. The summed E-state index contributed by atoms with van der Waals surface area (Å²) in [7, 11) is 0. The van der Waals surface area contributed by atoms with Gasteiger partial charge in [-0.15, -0.1) is 0 Å². The number of unbranched alkanes of at least 4 members (excludes halogenated alkanes) is 20. The molecule has 53 heavy (non-hydrogen) atoms. The third-order valence-electron chi connectivity index (χ3n) is 10.1. The standard InChI is InChI=1S/C45H84O8/c1-5-9-11-13-15-20-26-33-41(53-43(47)8-4)35-28-22-18-24-30-37-45(49)51-39-31-38-50-44(48)36-29-23-17-16-21-27-34-40(52-42(46)7-3)32-25-19-14-12-10-6-2/h40-41H,5-39H2,1-4H3. The van der Waals surface area contributed by atoms with Gasteiger partial charge in [-0.3, -0.25) is 19.2 Å². The fourth-order valence-electron chi connectivity index (χ4n) is 6.64. The maximum atomic E-state index is 12.1. The summed E-state index contributed by atoms with van der Waals surface area (Å²) in [6.07, 6.45) is 33.7. The van der Waals surface area contributed by atoms with Gasteiger partial charge in [0, 0.05) is 32.1 Å². The highest BCUT2D eigenvalue weighted by Gasteiger charge is 2.14. The molecule has 2 atom stereocenters. The van der Waals surface area contributed by atoms with Crippen LogP contribution >= 0.6 is 0 Å². The van der Waals surface area contributed by atoms with Gasteiger partial charge in [-0.05, 0) is 64.2 Å². The van der Waals surface area contributed by atoms with Gasteiger partial charge in [-0.1, -0.05) is 143 Å². The van der Waals surface area contributed by atoms with E-state index >= 15 is 0 Å². The number of hydrogen-bond acceptors (Lipinski definition) is 8. The van der Waals surface area contributed by atoms with Crippen molar-refractivity contribution in [1.82, 2.24) is 0 Å². The van der Waals surface area contributed by atoms with E-state index in [2.05, 4.69) is 13.8 Å². The van der Waals surface area contributed by atoms with Crippen LogP contribution in [0.1, 0.15) is 240 Å². The Bertz CT molecular complexity index is 859. The Morgan fingerprint density at radius 3 is 0.925 bits per heavy atom. The van der Waals surface area contributed by atoms with Crippen LogP contribution in [0.3, 0.4) is 0 Å². The summed E-state index contributed by atoms with van der Waals surface area (Å²) in [6, 6.07) is 0. The largest absolute Gasteiger partial charge is 0.466 e. The molecule has 0 aliphatic rings. The Labute approximate surface area is 326 Å². The Balaban J connectivity index is 3.78. The van der Waals surface area contributed by atoms with Crippen LogP contribution in [0.25, 0.3) is 0 Å². The molecule has 0 fully saturated rings. The van der Waals surface area contributed by atoms with E-state index in [9.17, 15) is 19.2 Å². The number of carbonyl (C=O) groups is 4. The molecule has 0 spiro atoms. The lowest BCUT2D eigenvalue weighted by Crippen LogP contribution is -2.17. The van der Waals surface area contributed by atoms with Crippen molar-refractivity contribution in [2.75, 3.05) is 13.2 Å². The minimum Gasteiger partial charge on any atom is -0.466 e. The fourth-order valence-corrected chi connectivity index (χ4v) is 6.64. The molecule has 0 aliphatic carbocycles. The van der Waals surface area contributed by atoms with Crippen LogP contribution in [0.4, 0.5) is 0 Å². The van der Waals surface area contributed by atoms with Gasteiger partial charge in [0.05, 0.1) is 13.2 Å². The van der Waals surface area contributed by atoms with E-state index < -0.39 is 0 Å². The molecule has 0 bridgehead atoms. The van der Waals surface area contributed by atoms with Crippen LogP contribution in [0.15, 0.2) is 0 Å². The summed E-state index contributed by atoms with van der Waals surface area (Å²) < 4.78 is 22.0. The minimum atomic E-state index is -0.187. The first-order valence-corrected chi connectivity index (χ1v) is 22.6. The maximum absolute atomic E-state index is 12.1. The summed E-state index contributed by atoms with van der Waals surface area (Å²) in [5.41, 5.74) is 0. The van der Waals surface area contributed by atoms with Gasteiger partial charge in [0.25, 0.3) is 0 Å². The Morgan fingerprint density at radius 2 is 0.623 bits per heavy atom. The summed E-state index contributed by atoms with van der Waals surface area (Å²) >= 11 is 0. The second-order valence-corrected chi connectivity index (χ2v) is 15.2. The fraction of sp³-hybridized carbons (Fsp3) is 0.911. The zero-order valence-corrected chi connectivity index (χ0v) is 35.2. The molecule has 312 valence electrons. The normalized spacial score (nSPS) is 12.3. The van der Waals surface area contributed by atoms with E-state index in [0.29, 0.717) is 32.1 Å². The lowest BCUT2D eigenvalue weighted by Gasteiger charge is -2.17. The van der Waals surface area contributed by atoms with Crippen molar-refractivity contribution in [2.24, 2.45) is 0 Å². The third-order valence-corrected chi connectivity index (χ3v) is 10.1. The van der Waals surface area contributed by atoms with Crippen LogP contribution < -0.4 is 0 Å². The van der Waals surface area contributed by atoms with Crippen molar-refractivity contribution < 1.29 is 38.1 Å². The second kappa shape index (κ2) is 39.6. The number of carbonyl (C=O) groups excluding carboxylic acids is 4. The van der Waals surface area contributed by atoms with Gasteiger partial charge in [-0.25, -0.2) is 0 Å². The zero-order valence-electron chi connectivity index (χ0n) is 35.2. The molecular weight excluding hydrogens is 668 g/mol. The summed E-state index contributed by atoms with van der Waals surface area (Å²) in [5.74, 6) is -0.553. The molecule has 0 rings (SSSR count). The molecule has 0 radical (unpaired) electrons.